The van der Waals surface area contributed by atoms with Crippen LogP contribution in [0.5, 0.6) is 0 Å². The van der Waals surface area contributed by atoms with Gasteiger partial charge in [-0.05, 0) is 81.0 Å². The summed E-state index contributed by atoms with van der Waals surface area (Å²) in [6.07, 6.45) is 4.18. The van der Waals surface area contributed by atoms with Crippen LogP contribution in [0, 0.1) is 37.5 Å². The van der Waals surface area contributed by atoms with E-state index in [9.17, 15) is 14.7 Å². The Kier molecular flexibility index (Phi) is 7.52. The molecule has 0 saturated heterocycles. The lowest BCUT2D eigenvalue weighted by Crippen LogP contribution is -2.37. The number of carboxylic acid groups (broad SMARTS) is 1. The Morgan fingerprint density at radius 3 is 2.23 bits per heavy atom. The third kappa shape index (κ3) is 6.41. The molecule has 7 nitrogen and oxygen atoms in total. The SMILES string of the molecule is Cc1nn(COCC[Si](C)(C)C)c(C)c1-c1ccc(NC(=O)C(C(=O)O)C(C2CC2)C2CC2)cc1. The fourth-order valence-electron chi connectivity index (χ4n) is 5.05. The number of carbonyl (C=O) groups excluding carboxylic acids is 1. The first kappa shape index (κ1) is 25.6. The van der Waals surface area contributed by atoms with Gasteiger partial charge in [0, 0.05) is 31.6 Å². The highest BCUT2D eigenvalue weighted by molar-refractivity contribution is 6.76. The number of nitrogens with one attached hydrogen (secondary N) is 1. The van der Waals surface area contributed by atoms with E-state index in [1.807, 2.05) is 42.8 Å². The Morgan fingerprint density at radius 1 is 1.11 bits per heavy atom. The number of anilines is 1. The Labute approximate surface area is 209 Å². The fourth-order valence-corrected chi connectivity index (χ4v) is 5.81. The lowest BCUT2D eigenvalue weighted by Gasteiger charge is -2.23. The molecule has 2 N–H and O–H groups in total. The number of ether oxygens (including phenoxy) is 1. The maximum atomic E-state index is 13.0. The van der Waals surface area contributed by atoms with E-state index in [4.69, 9.17) is 4.74 Å². The van der Waals surface area contributed by atoms with Gasteiger partial charge in [-0.25, -0.2) is 4.68 Å². The molecule has 2 saturated carbocycles. The molecule has 8 heteroatoms. The molecule has 1 amide bonds. The first-order valence-electron chi connectivity index (χ1n) is 12.8. The lowest BCUT2D eigenvalue weighted by molar-refractivity contribution is -0.148. The van der Waals surface area contributed by atoms with Crippen LogP contribution >= 0.6 is 0 Å². The molecule has 1 heterocycles. The molecule has 4 rings (SSSR count). The average Bonchev–Trinajstić information content (AvgIpc) is 3.69. The van der Waals surface area contributed by atoms with Crippen molar-refractivity contribution in [3.05, 3.63) is 35.7 Å². The molecule has 0 aliphatic heterocycles. The highest BCUT2D eigenvalue weighted by atomic mass is 28.3. The van der Waals surface area contributed by atoms with Crippen molar-refractivity contribution < 1.29 is 19.4 Å². The minimum absolute atomic E-state index is 0.0316. The number of hydrogen-bond acceptors (Lipinski definition) is 4. The summed E-state index contributed by atoms with van der Waals surface area (Å²) in [5.74, 6) is -1.63. The second kappa shape index (κ2) is 10.3. The van der Waals surface area contributed by atoms with E-state index < -0.39 is 25.9 Å². The standard InChI is InChI=1S/C27H39N3O4Si/c1-17-23(18(2)30(29-17)16-34-14-15-35(3,4)5)19-10-12-22(13-11-19)28-26(31)25(27(32)33)24(20-6-7-20)21-8-9-21/h10-13,20-21,24-25H,6-9,14-16H2,1-5H3,(H,28,31)(H,32,33). The zero-order chi connectivity index (χ0) is 25.3. The average molecular weight is 498 g/mol. The third-order valence-corrected chi connectivity index (χ3v) is 9.00. The van der Waals surface area contributed by atoms with Crippen molar-refractivity contribution in [2.75, 3.05) is 11.9 Å². The summed E-state index contributed by atoms with van der Waals surface area (Å²) in [6, 6.07) is 8.72. The summed E-state index contributed by atoms with van der Waals surface area (Å²) in [6.45, 7) is 12.2. The number of aromatic nitrogens is 2. The van der Waals surface area contributed by atoms with E-state index in [-0.39, 0.29) is 5.92 Å². The van der Waals surface area contributed by atoms with E-state index in [1.165, 1.54) is 0 Å². The zero-order valence-corrected chi connectivity index (χ0v) is 22.6. The summed E-state index contributed by atoms with van der Waals surface area (Å²) in [4.78, 5) is 25.0. The van der Waals surface area contributed by atoms with Crippen LogP contribution in [0.2, 0.25) is 25.7 Å². The van der Waals surface area contributed by atoms with Gasteiger partial charge in [-0.15, -0.1) is 0 Å². The highest BCUT2D eigenvalue weighted by Crippen LogP contribution is 2.52. The van der Waals surface area contributed by atoms with Gasteiger partial charge < -0.3 is 15.2 Å². The molecule has 0 bridgehead atoms. The molecule has 35 heavy (non-hydrogen) atoms. The fraction of sp³-hybridized carbons (Fsp3) is 0.593. The molecule has 190 valence electrons. The van der Waals surface area contributed by atoms with Crippen LogP contribution in [-0.2, 0) is 21.1 Å². The number of aliphatic carboxylic acids is 1. The summed E-state index contributed by atoms with van der Waals surface area (Å²) in [5.41, 5.74) is 4.65. The molecule has 0 radical (unpaired) electrons. The normalized spacial score (nSPS) is 17.0. The van der Waals surface area contributed by atoms with Gasteiger partial charge in [-0.3, -0.25) is 9.59 Å². The van der Waals surface area contributed by atoms with E-state index in [0.29, 0.717) is 24.3 Å². The molecule has 2 aliphatic rings. The van der Waals surface area contributed by atoms with Crippen LogP contribution in [0.25, 0.3) is 11.1 Å². The monoisotopic (exact) mass is 497 g/mol. The molecular weight excluding hydrogens is 458 g/mol. The quantitative estimate of drug-likeness (QED) is 0.228. The van der Waals surface area contributed by atoms with Crippen LogP contribution in [0.4, 0.5) is 5.69 Å². The second-order valence-corrected chi connectivity index (χ2v) is 17.1. The van der Waals surface area contributed by atoms with Gasteiger partial charge >= 0.3 is 5.97 Å². The summed E-state index contributed by atoms with van der Waals surface area (Å²) < 4.78 is 7.79. The summed E-state index contributed by atoms with van der Waals surface area (Å²) in [5, 5.41) is 17.4. The topological polar surface area (TPSA) is 93.5 Å². The maximum absolute atomic E-state index is 13.0. The van der Waals surface area contributed by atoms with Crippen molar-refractivity contribution in [1.29, 1.82) is 0 Å². The van der Waals surface area contributed by atoms with Crippen molar-refractivity contribution in [1.82, 2.24) is 9.78 Å². The molecule has 0 spiro atoms. The first-order chi connectivity index (χ1) is 16.5. The van der Waals surface area contributed by atoms with Crippen LogP contribution in [-0.4, -0.2) is 41.4 Å². The number of rotatable bonds is 12. The predicted molar refractivity (Wildman–Crippen MR) is 140 cm³/mol. The van der Waals surface area contributed by atoms with Gasteiger partial charge in [-0.2, -0.15) is 5.10 Å². The van der Waals surface area contributed by atoms with Crippen LogP contribution in [0.15, 0.2) is 24.3 Å². The molecule has 2 aliphatic carbocycles. The van der Waals surface area contributed by atoms with Crippen LogP contribution in [0.1, 0.15) is 37.1 Å². The Balaban J connectivity index is 1.42. The highest BCUT2D eigenvalue weighted by Gasteiger charge is 2.50. The number of carboxylic acids is 1. The number of hydrogen-bond donors (Lipinski definition) is 2. The van der Waals surface area contributed by atoms with Gasteiger partial charge in [-0.1, -0.05) is 31.8 Å². The Hall–Kier alpha value is -2.45. The Morgan fingerprint density at radius 2 is 1.71 bits per heavy atom. The number of aryl methyl sites for hydroxylation is 1. The van der Waals surface area contributed by atoms with Crippen LogP contribution < -0.4 is 5.32 Å². The smallest absolute Gasteiger partial charge is 0.316 e. The summed E-state index contributed by atoms with van der Waals surface area (Å²) in [7, 11) is -1.13. The Bertz CT molecular complexity index is 1050. The zero-order valence-electron chi connectivity index (χ0n) is 21.6. The number of nitrogens with zero attached hydrogens (tertiary/aromatic N) is 2. The van der Waals surface area contributed by atoms with Gasteiger partial charge in [0.05, 0.1) is 5.69 Å². The van der Waals surface area contributed by atoms with E-state index in [2.05, 4.69) is 30.1 Å². The van der Waals surface area contributed by atoms with Crippen molar-refractivity contribution in [2.45, 2.75) is 71.9 Å². The minimum Gasteiger partial charge on any atom is -0.481 e. The van der Waals surface area contributed by atoms with Crippen LogP contribution in [0.3, 0.4) is 0 Å². The predicted octanol–water partition coefficient (Wildman–Crippen LogP) is 5.55. The maximum Gasteiger partial charge on any atom is 0.316 e. The number of amides is 1. The largest absolute Gasteiger partial charge is 0.481 e. The van der Waals surface area contributed by atoms with E-state index in [0.717, 1.165) is 60.8 Å². The van der Waals surface area contributed by atoms with Crippen molar-refractivity contribution >= 4 is 25.6 Å². The van der Waals surface area contributed by atoms with Crippen molar-refractivity contribution in [3.63, 3.8) is 0 Å². The van der Waals surface area contributed by atoms with Gasteiger partial charge in [0.2, 0.25) is 5.91 Å². The molecular formula is C27H39N3O4Si. The first-order valence-corrected chi connectivity index (χ1v) is 16.5. The number of carbonyl (C=O) groups is 2. The van der Waals surface area contributed by atoms with E-state index in [1.54, 1.807) is 0 Å². The lowest BCUT2D eigenvalue weighted by atomic mass is 9.83. The molecule has 1 atom stereocenters. The molecule has 1 aromatic carbocycles. The molecule has 1 unspecified atom stereocenters. The minimum atomic E-state index is -1.13. The van der Waals surface area contributed by atoms with Gasteiger partial charge in [0.1, 0.15) is 12.6 Å². The summed E-state index contributed by atoms with van der Waals surface area (Å²) >= 11 is 0. The van der Waals surface area contributed by atoms with Crippen molar-refractivity contribution in [3.8, 4) is 11.1 Å². The number of benzene rings is 1. The molecule has 2 fully saturated rings. The van der Waals surface area contributed by atoms with Gasteiger partial charge in [0.25, 0.3) is 0 Å². The van der Waals surface area contributed by atoms with Gasteiger partial charge in [0.15, 0.2) is 0 Å². The molecule has 2 aromatic rings. The van der Waals surface area contributed by atoms with E-state index >= 15 is 0 Å². The third-order valence-electron chi connectivity index (χ3n) is 7.30. The molecule has 1 aromatic heterocycles. The van der Waals surface area contributed by atoms with Crippen molar-refractivity contribution in [2.24, 2.45) is 23.7 Å². The second-order valence-electron chi connectivity index (χ2n) is 11.5.